The molecule has 0 N–H and O–H groups in total. The van der Waals surface area contributed by atoms with E-state index in [4.69, 9.17) is 0 Å². The smallest absolute Gasteiger partial charge is 1.00 e. The van der Waals surface area contributed by atoms with Gasteiger partial charge in [0.1, 0.15) is 0 Å². The summed E-state index contributed by atoms with van der Waals surface area (Å²) in [5.41, 5.74) is 0. The van der Waals surface area contributed by atoms with E-state index in [2.05, 4.69) is 45.2 Å². The third-order valence-electron chi connectivity index (χ3n) is 2.09. The molecule has 0 atom stereocenters. The van der Waals surface area contributed by atoms with Gasteiger partial charge in [0, 0.05) is 0 Å². The Morgan fingerprint density at radius 1 is 1.20 bits per heavy atom. The van der Waals surface area contributed by atoms with Crippen LogP contribution in [-0.4, -0.2) is 18.4 Å². The molecule has 2 aliphatic carbocycles. The first-order valence-corrected chi connectivity index (χ1v) is 15.1. The quantitative estimate of drug-likeness (QED) is 0.471. The Morgan fingerprint density at radius 3 is 2.13 bits per heavy atom. The summed E-state index contributed by atoms with van der Waals surface area (Å²) in [5, 5.41) is 0. The fourth-order valence-corrected chi connectivity index (χ4v) is 4.83. The van der Waals surface area contributed by atoms with E-state index in [0.29, 0.717) is 0 Å². The minimum absolute atomic E-state index is 0. The summed E-state index contributed by atoms with van der Waals surface area (Å²) in [6.07, 6.45) is 18.9. The second kappa shape index (κ2) is 7.84. The van der Waals surface area contributed by atoms with Crippen LogP contribution in [0, 0.1) is 12.2 Å². The molecule has 0 aromatic carbocycles. The maximum absolute atomic E-state index is 3.40. The largest absolute Gasteiger partial charge is 2.00 e. The van der Waals surface area contributed by atoms with E-state index < -0.39 is 18.4 Å². The maximum atomic E-state index is 3.40. The van der Waals surface area contributed by atoms with Gasteiger partial charge in [-0.15, -0.1) is 6.42 Å². The number of allylic oxidation sites excluding steroid dienone is 8. The molecule has 0 saturated carbocycles. The molecule has 0 fully saturated rings. The van der Waals surface area contributed by atoms with Crippen molar-refractivity contribution in [3.8, 4) is 0 Å². The molecule has 0 unspecified atom stereocenters. The van der Waals surface area contributed by atoms with E-state index >= 15 is 0 Å². The van der Waals surface area contributed by atoms with Gasteiger partial charge in [-0.3, -0.25) is 6.08 Å². The SMILES string of the molecule is [C-]1=CC=CC1.[CH3][Sn]([CH3])([CH3])[C]1=[C-]CC=C1.[H-].[H-].[Zr+2]. The molecule has 0 bridgehead atoms. The predicted octanol–water partition coefficient (Wildman–Crippen LogP) is 4.08. The molecule has 82 valence electrons. The van der Waals surface area contributed by atoms with E-state index in [1.165, 1.54) is 0 Å². The van der Waals surface area contributed by atoms with Gasteiger partial charge >= 0.3 is 87.6 Å². The van der Waals surface area contributed by atoms with Gasteiger partial charge in [-0.1, -0.05) is 0 Å². The van der Waals surface area contributed by atoms with Gasteiger partial charge in [0.25, 0.3) is 0 Å². The Labute approximate surface area is 120 Å². The molecule has 0 aromatic heterocycles. The van der Waals surface area contributed by atoms with Gasteiger partial charge in [0.15, 0.2) is 0 Å². The first-order chi connectivity index (χ1) is 6.61. The Balaban J connectivity index is -0.000000216. The standard InChI is InChI=1S/C5H5.C5H4.3CH3.Sn.Zr.2H/c2*1-2-4-5-3-1;;;;;;;/h1-3H,4H2;1-2H,3H2;3*1H3;;;;/q2*-1;;;;;+2;2*-1. The molecule has 0 heterocycles. The zero-order valence-electron chi connectivity index (χ0n) is 11.8. The third kappa shape index (κ3) is 6.73. The summed E-state index contributed by atoms with van der Waals surface area (Å²) in [6.45, 7) is 0. The van der Waals surface area contributed by atoms with Crippen LogP contribution in [0.25, 0.3) is 0 Å². The third-order valence-corrected chi connectivity index (χ3v) is 7.68. The van der Waals surface area contributed by atoms with E-state index in [1.54, 1.807) is 3.59 Å². The monoisotopic (exact) mass is 386 g/mol. The van der Waals surface area contributed by atoms with Gasteiger partial charge in [0.2, 0.25) is 0 Å². The average Bonchev–Trinajstić information content (AvgIpc) is 2.80. The minimum Gasteiger partial charge on any atom is -1.00 e. The van der Waals surface area contributed by atoms with Crippen molar-refractivity contribution in [2.45, 2.75) is 27.7 Å². The Hall–Kier alpha value is 0.642. The molecular formula is C13H20SnZr-2. The fraction of sp³-hybridized carbons (Fsp3) is 0.385. The first kappa shape index (κ1) is 15.6. The van der Waals surface area contributed by atoms with Gasteiger partial charge < -0.3 is 2.85 Å². The van der Waals surface area contributed by atoms with Gasteiger partial charge in [0.05, 0.1) is 0 Å². The zero-order valence-corrected chi connectivity index (χ0v) is 15.1. The van der Waals surface area contributed by atoms with Crippen molar-refractivity contribution in [1.82, 2.24) is 0 Å². The Morgan fingerprint density at radius 2 is 1.93 bits per heavy atom. The van der Waals surface area contributed by atoms with Crippen LogP contribution in [0.1, 0.15) is 15.7 Å². The van der Waals surface area contributed by atoms with Crippen LogP contribution in [0.2, 0.25) is 14.8 Å². The predicted molar refractivity (Wildman–Crippen MR) is 67.7 cm³/mol. The number of hydrogen-bond acceptors (Lipinski definition) is 0. The average molecular weight is 386 g/mol. The fourth-order valence-electron chi connectivity index (χ4n) is 1.26. The zero-order chi connectivity index (χ0) is 10.4. The Bertz CT molecular complexity index is 289. The molecule has 0 spiro atoms. The molecular weight excluding hydrogens is 366 g/mol. The van der Waals surface area contributed by atoms with Crippen molar-refractivity contribution < 1.29 is 29.1 Å². The summed E-state index contributed by atoms with van der Waals surface area (Å²) in [7, 11) is 0. The van der Waals surface area contributed by atoms with E-state index in [9.17, 15) is 0 Å². The molecule has 0 saturated heterocycles. The number of hydrogen-bond donors (Lipinski definition) is 0. The van der Waals surface area contributed by atoms with Gasteiger partial charge in [-0.2, -0.15) is 6.08 Å². The summed E-state index contributed by atoms with van der Waals surface area (Å²) >= 11 is -1.67. The van der Waals surface area contributed by atoms with Crippen LogP contribution >= 0.6 is 0 Å². The van der Waals surface area contributed by atoms with Crippen LogP contribution in [0.4, 0.5) is 0 Å². The van der Waals surface area contributed by atoms with Crippen molar-refractivity contribution in [1.29, 1.82) is 0 Å². The number of rotatable bonds is 1. The normalized spacial score (nSPS) is 16.9. The molecule has 0 nitrogen and oxygen atoms in total. The summed E-state index contributed by atoms with van der Waals surface area (Å²) < 4.78 is 1.56. The Kier molecular flexibility index (Phi) is 8.18. The van der Waals surface area contributed by atoms with E-state index in [1.807, 2.05) is 12.2 Å². The van der Waals surface area contributed by atoms with Crippen molar-refractivity contribution in [2.24, 2.45) is 0 Å². The van der Waals surface area contributed by atoms with Crippen molar-refractivity contribution >= 4 is 18.4 Å². The van der Waals surface area contributed by atoms with E-state index in [-0.39, 0.29) is 29.1 Å². The summed E-state index contributed by atoms with van der Waals surface area (Å²) in [6, 6.07) is 0. The van der Waals surface area contributed by atoms with Crippen LogP contribution in [0.5, 0.6) is 0 Å². The molecule has 0 amide bonds. The second-order valence-electron chi connectivity index (χ2n) is 4.45. The topological polar surface area (TPSA) is 0 Å². The molecule has 0 aliphatic heterocycles. The van der Waals surface area contributed by atoms with Crippen LogP contribution in [-0.2, 0) is 26.2 Å². The van der Waals surface area contributed by atoms with Crippen LogP contribution in [0.15, 0.2) is 34.0 Å². The molecule has 2 rings (SSSR count). The van der Waals surface area contributed by atoms with Gasteiger partial charge in [-0.05, 0) is 0 Å². The van der Waals surface area contributed by atoms with Gasteiger partial charge in [-0.25, -0.2) is 12.2 Å². The summed E-state index contributed by atoms with van der Waals surface area (Å²) in [5.74, 6) is 0. The molecule has 2 aliphatic rings. The van der Waals surface area contributed by atoms with Crippen molar-refractivity contribution in [2.75, 3.05) is 0 Å². The van der Waals surface area contributed by atoms with Crippen LogP contribution < -0.4 is 0 Å². The molecule has 15 heavy (non-hydrogen) atoms. The second-order valence-corrected chi connectivity index (χ2v) is 18.8. The molecule has 0 radical (unpaired) electrons. The molecule has 0 aromatic rings. The van der Waals surface area contributed by atoms with Crippen molar-refractivity contribution in [3.05, 3.63) is 46.1 Å². The minimum atomic E-state index is -1.67. The van der Waals surface area contributed by atoms with E-state index in [0.717, 1.165) is 12.8 Å². The van der Waals surface area contributed by atoms with Crippen molar-refractivity contribution in [3.63, 3.8) is 0 Å². The van der Waals surface area contributed by atoms with Crippen LogP contribution in [0.3, 0.4) is 0 Å². The first-order valence-electron chi connectivity index (χ1n) is 5.10. The summed E-state index contributed by atoms with van der Waals surface area (Å²) in [4.78, 5) is 7.27. The maximum Gasteiger partial charge on any atom is 2.00 e. The molecule has 2 heteroatoms.